The number of ketones is 1. The van der Waals surface area contributed by atoms with Crippen LogP contribution in [0.3, 0.4) is 0 Å². The highest BCUT2D eigenvalue weighted by Crippen LogP contribution is 2.43. The number of fused-ring (bicyclic) bond motifs is 1. The SMILES string of the molecule is COCCN1C(=O)C(=O)/C(=C(/O)c2cc(C)ccc2C)C1c1c(C)[nH]c2ccccc12. The van der Waals surface area contributed by atoms with Gasteiger partial charge in [0.15, 0.2) is 0 Å². The van der Waals surface area contributed by atoms with Crippen LogP contribution < -0.4 is 0 Å². The number of H-pyrrole nitrogens is 1. The maximum absolute atomic E-state index is 13.2. The number of nitrogens with one attached hydrogen (secondary N) is 1. The number of carbonyl (C=O) groups excluding carboxylic acids is 2. The molecule has 1 amide bonds. The molecule has 4 rings (SSSR count). The summed E-state index contributed by atoms with van der Waals surface area (Å²) < 4.78 is 5.19. The van der Waals surface area contributed by atoms with Crippen molar-refractivity contribution in [3.05, 3.63) is 76.0 Å². The van der Waals surface area contributed by atoms with E-state index in [0.29, 0.717) is 5.56 Å². The van der Waals surface area contributed by atoms with E-state index < -0.39 is 17.7 Å². The number of rotatable bonds is 5. The molecule has 1 aliphatic heterocycles. The van der Waals surface area contributed by atoms with Gasteiger partial charge in [-0.15, -0.1) is 0 Å². The van der Waals surface area contributed by atoms with Crippen LogP contribution in [0.2, 0.25) is 0 Å². The number of aryl methyl sites for hydroxylation is 3. The van der Waals surface area contributed by atoms with Gasteiger partial charge in [0, 0.05) is 41.4 Å². The van der Waals surface area contributed by atoms with Crippen LogP contribution in [0.5, 0.6) is 0 Å². The Hall–Kier alpha value is -3.38. The van der Waals surface area contributed by atoms with Crippen molar-refractivity contribution in [2.24, 2.45) is 0 Å². The molecule has 1 aromatic heterocycles. The minimum Gasteiger partial charge on any atom is -0.507 e. The summed E-state index contributed by atoms with van der Waals surface area (Å²) in [5.41, 5.74) is 5.05. The number of Topliss-reactive ketones (excluding diaryl/α,β-unsaturated/α-hetero) is 1. The van der Waals surface area contributed by atoms with Gasteiger partial charge in [-0.05, 0) is 38.5 Å². The summed E-state index contributed by atoms with van der Waals surface area (Å²) in [5.74, 6) is -1.45. The number of hydrogen-bond acceptors (Lipinski definition) is 4. The van der Waals surface area contributed by atoms with Gasteiger partial charge in [0.25, 0.3) is 11.7 Å². The lowest BCUT2D eigenvalue weighted by molar-refractivity contribution is -0.140. The van der Waals surface area contributed by atoms with Crippen molar-refractivity contribution in [2.45, 2.75) is 26.8 Å². The number of aliphatic hydroxyl groups excluding tert-OH is 1. The van der Waals surface area contributed by atoms with Gasteiger partial charge in [-0.1, -0.05) is 35.9 Å². The number of aromatic amines is 1. The summed E-state index contributed by atoms with van der Waals surface area (Å²) in [7, 11) is 1.55. The van der Waals surface area contributed by atoms with E-state index >= 15 is 0 Å². The summed E-state index contributed by atoms with van der Waals surface area (Å²) in [6, 6.07) is 12.8. The van der Waals surface area contributed by atoms with Gasteiger partial charge in [-0.2, -0.15) is 0 Å². The molecule has 1 atom stereocenters. The van der Waals surface area contributed by atoms with Gasteiger partial charge in [0.1, 0.15) is 5.76 Å². The predicted molar refractivity (Wildman–Crippen MR) is 120 cm³/mol. The Morgan fingerprint density at radius 3 is 2.61 bits per heavy atom. The van der Waals surface area contributed by atoms with Crippen molar-refractivity contribution in [1.82, 2.24) is 9.88 Å². The molecule has 1 unspecified atom stereocenters. The molecule has 2 N–H and O–H groups in total. The molecule has 1 aliphatic rings. The number of para-hydroxylation sites is 1. The first kappa shape index (κ1) is 20.9. The molecule has 0 bridgehead atoms. The average molecular weight is 418 g/mol. The Bertz CT molecular complexity index is 1220. The summed E-state index contributed by atoms with van der Waals surface area (Å²) in [6.45, 7) is 6.25. The van der Waals surface area contributed by atoms with Gasteiger partial charge in [-0.3, -0.25) is 9.59 Å². The van der Waals surface area contributed by atoms with Gasteiger partial charge < -0.3 is 19.7 Å². The second-order valence-electron chi connectivity index (χ2n) is 8.01. The summed E-state index contributed by atoms with van der Waals surface area (Å²) in [5, 5.41) is 12.2. The largest absolute Gasteiger partial charge is 0.507 e. The van der Waals surface area contributed by atoms with Crippen LogP contribution in [0, 0.1) is 20.8 Å². The fourth-order valence-electron chi connectivity index (χ4n) is 4.39. The first-order valence-electron chi connectivity index (χ1n) is 10.3. The second kappa shape index (κ2) is 8.04. The molecule has 1 saturated heterocycles. The van der Waals surface area contributed by atoms with Gasteiger partial charge in [0.05, 0.1) is 18.2 Å². The Morgan fingerprint density at radius 1 is 1.13 bits per heavy atom. The lowest BCUT2D eigenvalue weighted by atomic mass is 9.92. The number of hydrogen-bond donors (Lipinski definition) is 2. The number of benzene rings is 2. The number of ether oxygens (including phenoxy) is 1. The Balaban J connectivity index is 2.00. The Morgan fingerprint density at radius 2 is 1.87 bits per heavy atom. The first-order chi connectivity index (χ1) is 14.8. The second-order valence-corrected chi connectivity index (χ2v) is 8.01. The van der Waals surface area contributed by atoms with Crippen molar-refractivity contribution in [3.8, 4) is 0 Å². The van der Waals surface area contributed by atoms with Crippen molar-refractivity contribution in [1.29, 1.82) is 0 Å². The number of carbonyl (C=O) groups is 2. The van der Waals surface area contributed by atoms with Crippen LogP contribution in [-0.4, -0.2) is 46.9 Å². The molecule has 0 aliphatic carbocycles. The summed E-state index contributed by atoms with van der Waals surface area (Å²) >= 11 is 0. The standard InChI is InChI=1S/C25H26N2O4/c1-14-9-10-15(2)18(13-14)23(28)21-22(27(11-12-31-4)25(30)24(21)29)20-16(3)26-19-8-6-5-7-17(19)20/h5-10,13,22,26,28H,11-12H2,1-4H3/b23-21+. The van der Waals surface area contributed by atoms with E-state index in [1.54, 1.807) is 7.11 Å². The maximum Gasteiger partial charge on any atom is 0.295 e. The van der Waals surface area contributed by atoms with E-state index in [1.807, 2.05) is 63.2 Å². The van der Waals surface area contributed by atoms with E-state index in [2.05, 4.69) is 4.98 Å². The fraction of sp³-hybridized carbons (Fsp3) is 0.280. The lowest BCUT2D eigenvalue weighted by Gasteiger charge is -2.25. The third-order valence-corrected chi connectivity index (χ3v) is 5.94. The minimum atomic E-state index is -0.703. The van der Waals surface area contributed by atoms with Crippen LogP contribution in [0.1, 0.15) is 34.0 Å². The van der Waals surface area contributed by atoms with Crippen LogP contribution in [-0.2, 0) is 14.3 Å². The molecular formula is C25H26N2O4. The smallest absolute Gasteiger partial charge is 0.295 e. The third-order valence-electron chi connectivity index (χ3n) is 5.94. The lowest BCUT2D eigenvalue weighted by Crippen LogP contribution is -2.32. The molecule has 2 aromatic carbocycles. The molecule has 6 nitrogen and oxygen atoms in total. The van der Waals surface area contributed by atoms with Crippen molar-refractivity contribution >= 4 is 28.4 Å². The highest BCUT2D eigenvalue weighted by Gasteiger charge is 2.47. The zero-order chi connectivity index (χ0) is 22.3. The van der Waals surface area contributed by atoms with Gasteiger partial charge in [0.2, 0.25) is 0 Å². The Kier molecular flexibility index (Phi) is 5.41. The average Bonchev–Trinajstić information content (AvgIpc) is 3.20. The Labute approximate surface area is 181 Å². The maximum atomic E-state index is 13.2. The fourth-order valence-corrected chi connectivity index (χ4v) is 4.39. The molecule has 31 heavy (non-hydrogen) atoms. The number of methoxy groups -OCH3 is 1. The minimum absolute atomic E-state index is 0.114. The first-order valence-corrected chi connectivity index (χ1v) is 10.3. The van der Waals surface area contributed by atoms with Crippen LogP contribution in [0.25, 0.3) is 16.7 Å². The van der Waals surface area contributed by atoms with Crippen molar-refractivity contribution in [3.63, 3.8) is 0 Å². The zero-order valence-corrected chi connectivity index (χ0v) is 18.2. The van der Waals surface area contributed by atoms with E-state index in [-0.39, 0.29) is 24.5 Å². The summed E-state index contributed by atoms with van der Waals surface area (Å²) in [4.78, 5) is 31.1. The summed E-state index contributed by atoms with van der Waals surface area (Å²) in [6.07, 6.45) is 0. The topological polar surface area (TPSA) is 82.6 Å². The van der Waals surface area contributed by atoms with Gasteiger partial charge >= 0.3 is 0 Å². The van der Waals surface area contributed by atoms with E-state index in [0.717, 1.165) is 33.3 Å². The molecular weight excluding hydrogens is 392 g/mol. The quantitative estimate of drug-likeness (QED) is 0.370. The van der Waals surface area contributed by atoms with Crippen LogP contribution >= 0.6 is 0 Å². The number of nitrogens with zero attached hydrogens (tertiary/aromatic N) is 1. The normalized spacial score (nSPS) is 18.3. The molecule has 0 spiro atoms. The van der Waals surface area contributed by atoms with E-state index in [9.17, 15) is 14.7 Å². The van der Waals surface area contributed by atoms with Crippen molar-refractivity contribution < 1.29 is 19.4 Å². The number of amides is 1. The molecule has 6 heteroatoms. The molecule has 2 heterocycles. The third kappa shape index (κ3) is 3.43. The highest BCUT2D eigenvalue weighted by molar-refractivity contribution is 6.46. The number of likely N-dealkylation sites (tertiary alicyclic amines) is 1. The predicted octanol–water partition coefficient (Wildman–Crippen LogP) is 4.16. The number of aromatic nitrogens is 1. The molecule has 1 fully saturated rings. The number of aliphatic hydroxyl groups is 1. The molecule has 0 radical (unpaired) electrons. The van der Waals surface area contributed by atoms with Gasteiger partial charge in [-0.25, -0.2) is 0 Å². The van der Waals surface area contributed by atoms with E-state index in [4.69, 9.17) is 4.74 Å². The molecule has 3 aromatic rings. The van der Waals surface area contributed by atoms with Crippen molar-refractivity contribution in [2.75, 3.05) is 20.3 Å². The van der Waals surface area contributed by atoms with Crippen LogP contribution in [0.4, 0.5) is 0 Å². The van der Waals surface area contributed by atoms with E-state index in [1.165, 1.54) is 4.90 Å². The van der Waals surface area contributed by atoms with Crippen LogP contribution in [0.15, 0.2) is 48.0 Å². The monoisotopic (exact) mass is 418 g/mol. The molecule has 160 valence electrons. The molecule has 0 saturated carbocycles. The zero-order valence-electron chi connectivity index (χ0n) is 18.2. The highest BCUT2D eigenvalue weighted by atomic mass is 16.5.